The molecule has 3 aromatic rings. The van der Waals surface area contributed by atoms with Crippen LogP contribution in [0.3, 0.4) is 0 Å². The minimum Gasteiger partial charge on any atom is -0.497 e. The van der Waals surface area contributed by atoms with E-state index in [1.165, 1.54) is 33.4 Å². The second-order valence-corrected chi connectivity index (χ2v) is 11.0. The highest BCUT2D eigenvalue weighted by molar-refractivity contribution is 7.89. The summed E-state index contributed by atoms with van der Waals surface area (Å²) in [5, 5.41) is 6.87. The maximum absolute atomic E-state index is 13.7. The first-order valence-corrected chi connectivity index (χ1v) is 14.0. The Morgan fingerprint density at radius 3 is 2.45 bits per heavy atom. The molecule has 38 heavy (non-hydrogen) atoms. The van der Waals surface area contributed by atoms with Crippen molar-refractivity contribution in [2.24, 2.45) is 0 Å². The summed E-state index contributed by atoms with van der Waals surface area (Å²) in [6, 6.07) is 11.4. The van der Waals surface area contributed by atoms with Gasteiger partial charge in [-0.2, -0.15) is 9.40 Å². The highest BCUT2D eigenvalue weighted by Gasteiger charge is 2.35. The van der Waals surface area contributed by atoms with Gasteiger partial charge in [0, 0.05) is 62.8 Å². The van der Waals surface area contributed by atoms with Crippen molar-refractivity contribution in [2.75, 3.05) is 45.3 Å². The van der Waals surface area contributed by atoms with Crippen molar-refractivity contribution in [2.45, 2.75) is 38.9 Å². The third-order valence-electron chi connectivity index (χ3n) is 6.97. The van der Waals surface area contributed by atoms with Crippen molar-refractivity contribution in [3.05, 3.63) is 64.8 Å². The van der Waals surface area contributed by atoms with Crippen LogP contribution in [0.2, 0.25) is 0 Å². The number of carbonyl (C=O) groups is 1. The van der Waals surface area contributed by atoms with Gasteiger partial charge in [0.25, 0.3) is 15.9 Å². The number of hydrogen-bond acceptors (Lipinski definition) is 7. The first kappa shape index (κ1) is 27.5. The molecule has 2 heterocycles. The van der Waals surface area contributed by atoms with E-state index in [-0.39, 0.29) is 17.1 Å². The fraction of sp³-hybridized carbons (Fsp3) is 0.407. The zero-order chi connectivity index (χ0) is 27.4. The highest BCUT2D eigenvalue weighted by Crippen LogP contribution is 2.27. The molecule has 1 N–H and O–H groups in total. The standard InChI is InChI=1S/C27H35N5O5S/c1-6-31-18-23(26(33)28-17-21-10-11-22(36-4)16-25(21)37-5)27(29-31)38(34,35)32-14-12-30(13-15-32)24-9-7-8-19(2)20(24)3/h7-11,16,18H,6,12-15,17H2,1-5H3,(H,28,33). The number of aryl methyl sites for hydroxylation is 2. The molecule has 0 saturated carbocycles. The van der Waals surface area contributed by atoms with Crippen LogP contribution >= 0.6 is 0 Å². The molecule has 1 aromatic heterocycles. The molecule has 0 unspecified atom stereocenters. The van der Waals surface area contributed by atoms with Gasteiger partial charge >= 0.3 is 0 Å². The summed E-state index contributed by atoms with van der Waals surface area (Å²) in [6.07, 6.45) is 1.49. The quantitative estimate of drug-likeness (QED) is 0.444. The van der Waals surface area contributed by atoms with E-state index in [1.54, 1.807) is 25.3 Å². The molecule has 1 amide bonds. The van der Waals surface area contributed by atoms with Gasteiger partial charge in [-0.25, -0.2) is 8.42 Å². The summed E-state index contributed by atoms with van der Waals surface area (Å²) in [7, 11) is -0.883. The summed E-state index contributed by atoms with van der Waals surface area (Å²) < 4.78 is 40.9. The molecule has 0 spiro atoms. The lowest BCUT2D eigenvalue weighted by molar-refractivity contribution is 0.0947. The number of ether oxygens (including phenoxy) is 2. The van der Waals surface area contributed by atoms with Crippen molar-refractivity contribution >= 4 is 21.6 Å². The molecule has 0 atom stereocenters. The highest BCUT2D eigenvalue weighted by atomic mass is 32.2. The van der Waals surface area contributed by atoms with Crippen molar-refractivity contribution in [3.8, 4) is 11.5 Å². The Hall–Kier alpha value is -3.57. The monoisotopic (exact) mass is 541 g/mol. The van der Waals surface area contributed by atoms with Crippen LogP contribution in [0, 0.1) is 13.8 Å². The molecule has 0 radical (unpaired) electrons. The van der Waals surface area contributed by atoms with E-state index in [9.17, 15) is 13.2 Å². The first-order chi connectivity index (χ1) is 18.2. The summed E-state index contributed by atoms with van der Waals surface area (Å²) >= 11 is 0. The number of nitrogens with one attached hydrogen (secondary N) is 1. The molecule has 11 heteroatoms. The van der Waals surface area contributed by atoms with Gasteiger partial charge in [-0.1, -0.05) is 12.1 Å². The Bertz CT molecular complexity index is 1410. The number of carbonyl (C=O) groups excluding carboxylic acids is 1. The Balaban J connectivity index is 1.51. The lowest BCUT2D eigenvalue weighted by Gasteiger charge is -2.36. The van der Waals surface area contributed by atoms with E-state index >= 15 is 0 Å². The second kappa shape index (κ2) is 11.4. The summed E-state index contributed by atoms with van der Waals surface area (Å²) in [4.78, 5) is 15.4. The van der Waals surface area contributed by atoms with Crippen LogP contribution in [-0.4, -0.2) is 68.8 Å². The van der Waals surface area contributed by atoms with Gasteiger partial charge in [-0.15, -0.1) is 0 Å². The van der Waals surface area contributed by atoms with Crippen LogP contribution in [0.1, 0.15) is 34.0 Å². The molecular weight excluding hydrogens is 506 g/mol. The van der Waals surface area contributed by atoms with E-state index in [1.807, 2.05) is 13.0 Å². The van der Waals surface area contributed by atoms with E-state index in [4.69, 9.17) is 9.47 Å². The zero-order valence-electron chi connectivity index (χ0n) is 22.5. The number of sulfonamides is 1. The summed E-state index contributed by atoms with van der Waals surface area (Å²) in [5.74, 6) is 0.672. The molecule has 0 aliphatic carbocycles. The van der Waals surface area contributed by atoms with Crippen LogP contribution in [0.15, 0.2) is 47.6 Å². The van der Waals surface area contributed by atoms with Gasteiger partial charge < -0.3 is 19.7 Å². The number of aromatic nitrogens is 2. The first-order valence-electron chi connectivity index (χ1n) is 12.6. The Morgan fingerprint density at radius 1 is 1.05 bits per heavy atom. The minimum absolute atomic E-state index is 0.0243. The third-order valence-corrected chi connectivity index (χ3v) is 8.80. The number of nitrogens with zero attached hydrogens (tertiary/aromatic N) is 4. The molecule has 204 valence electrons. The third kappa shape index (κ3) is 5.48. The number of methoxy groups -OCH3 is 2. The molecular formula is C27H35N5O5S. The van der Waals surface area contributed by atoms with E-state index in [2.05, 4.69) is 41.3 Å². The lowest BCUT2D eigenvalue weighted by atomic mass is 10.1. The van der Waals surface area contributed by atoms with Crippen LogP contribution in [0.25, 0.3) is 0 Å². The Labute approximate surface area is 224 Å². The maximum Gasteiger partial charge on any atom is 0.263 e. The van der Waals surface area contributed by atoms with Crippen molar-refractivity contribution in [1.82, 2.24) is 19.4 Å². The predicted molar refractivity (Wildman–Crippen MR) is 146 cm³/mol. The molecule has 0 bridgehead atoms. The number of rotatable bonds is 9. The smallest absolute Gasteiger partial charge is 0.263 e. The number of piperazine rings is 1. The Kier molecular flexibility index (Phi) is 8.27. The largest absolute Gasteiger partial charge is 0.497 e. The average Bonchev–Trinajstić information content (AvgIpc) is 3.39. The number of hydrogen-bond donors (Lipinski definition) is 1. The fourth-order valence-corrected chi connectivity index (χ4v) is 6.07. The average molecular weight is 542 g/mol. The second-order valence-electron chi connectivity index (χ2n) is 9.17. The van der Waals surface area contributed by atoms with Crippen molar-refractivity contribution < 1.29 is 22.7 Å². The van der Waals surface area contributed by atoms with E-state index in [0.29, 0.717) is 44.2 Å². The summed E-state index contributed by atoms with van der Waals surface area (Å²) in [6.45, 7) is 8.29. The van der Waals surface area contributed by atoms with Crippen LogP contribution in [0.4, 0.5) is 5.69 Å². The lowest BCUT2D eigenvalue weighted by Crippen LogP contribution is -2.49. The van der Waals surface area contributed by atoms with Gasteiger partial charge in [0.15, 0.2) is 0 Å². The predicted octanol–water partition coefficient (Wildman–Crippen LogP) is 2.98. The zero-order valence-corrected chi connectivity index (χ0v) is 23.3. The molecule has 1 fully saturated rings. The Morgan fingerprint density at radius 2 is 1.79 bits per heavy atom. The van der Waals surface area contributed by atoms with Crippen molar-refractivity contribution in [3.63, 3.8) is 0 Å². The maximum atomic E-state index is 13.7. The van der Waals surface area contributed by atoms with Gasteiger partial charge in [0.05, 0.1) is 19.8 Å². The van der Waals surface area contributed by atoms with E-state index < -0.39 is 15.9 Å². The van der Waals surface area contributed by atoms with Crippen LogP contribution in [-0.2, 0) is 23.1 Å². The molecule has 2 aromatic carbocycles. The number of amides is 1. The SMILES string of the molecule is CCn1cc(C(=O)NCc2ccc(OC)cc2OC)c(S(=O)(=O)N2CCN(c3cccc(C)c3C)CC2)n1. The molecule has 10 nitrogen and oxygen atoms in total. The summed E-state index contributed by atoms with van der Waals surface area (Å²) in [5.41, 5.74) is 4.27. The van der Waals surface area contributed by atoms with Gasteiger partial charge in [0.1, 0.15) is 11.5 Å². The molecule has 1 aliphatic rings. The molecule has 4 rings (SSSR count). The molecule has 1 saturated heterocycles. The number of benzene rings is 2. The van der Waals surface area contributed by atoms with Gasteiger partial charge in [-0.05, 0) is 50.1 Å². The van der Waals surface area contributed by atoms with E-state index in [0.717, 1.165) is 11.3 Å². The van der Waals surface area contributed by atoms with Crippen LogP contribution in [0.5, 0.6) is 11.5 Å². The van der Waals surface area contributed by atoms with Gasteiger partial charge in [0.2, 0.25) is 5.03 Å². The topological polar surface area (TPSA) is 106 Å². The van der Waals surface area contributed by atoms with Crippen LogP contribution < -0.4 is 19.7 Å². The minimum atomic E-state index is -3.98. The van der Waals surface area contributed by atoms with Crippen molar-refractivity contribution in [1.29, 1.82) is 0 Å². The van der Waals surface area contributed by atoms with Gasteiger partial charge in [-0.3, -0.25) is 9.48 Å². The normalized spacial score (nSPS) is 14.4. The fourth-order valence-electron chi connectivity index (χ4n) is 4.55. The molecule has 1 aliphatic heterocycles. The number of anilines is 1.